The molecule has 3 rings (SSSR count). The summed E-state index contributed by atoms with van der Waals surface area (Å²) in [4.78, 5) is 29.2. The van der Waals surface area contributed by atoms with Crippen molar-refractivity contribution in [2.75, 3.05) is 46.6 Å². The zero-order chi connectivity index (χ0) is 27.9. The maximum atomic E-state index is 12.8. The molecule has 214 valence electrons. The number of nitrogens with one attached hydrogen (secondary N) is 1. The summed E-state index contributed by atoms with van der Waals surface area (Å²) in [5.74, 6) is 0. The quantitative estimate of drug-likeness (QED) is 0.286. The number of hydrogen-bond acceptors (Lipinski definition) is 10. The molecule has 0 spiro atoms. The number of H-pyrrole nitrogens is 1. The first-order valence-electron chi connectivity index (χ1n) is 13.2. The van der Waals surface area contributed by atoms with Gasteiger partial charge in [0.15, 0.2) is 6.23 Å². The van der Waals surface area contributed by atoms with Crippen molar-refractivity contribution < 1.29 is 23.3 Å². The van der Waals surface area contributed by atoms with Gasteiger partial charge in [-0.3, -0.25) is 19.2 Å². The molecule has 2 aliphatic heterocycles. The lowest BCUT2D eigenvalue weighted by atomic mass is 9.91. The fourth-order valence-corrected chi connectivity index (χ4v) is 6.93. The van der Waals surface area contributed by atoms with Crippen LogP contribution >= 0.6 is 8.53 Å². The first-order chi connectivity index (χ1) is 18.2. The van der Waals surface area contributed by atoms with Crippen molar-refractivity contribution >= 4 is 8.53 Å². The number of ether oxygens (including phenoxy) is 3. The molecule has 0 bridgehead atoms. The number of methoxy groups -OCH3 is 1. The highest BCUT2D eigenvalue weighted by atomic mass is 31.2. The minimum atomic E-state index is -1.61. The molecule has 1 aromatic heterocycles. The number of aromatic nitrogens is 2. The van der Waals surface area contributed by atoms with E-state index >= 15 is 0 Å². The van der Waals surface area contributed by atoms with E-state index in [1.165, 1.54) is 16.8 Å². The maximum absolute atomic E-state index is 12.8. The van der Waals surface area contributed by atoms with Crippen LogP contribution in [0.2, 0.25) is 0 Å². The van der Waals surface area contributed by atoms with Crippen LogP contribution in [0.25, 0.3) is 0 Å². The highest BCUT2D eigenvalue weighted by Gasteiger charge is 2.58. The van der Waals surface area contributed by atoms with E-state index in [4.69, 9.17) is 28.5 Å². The van der Waals surface area contributed by atoms with Crippen LogP contribution in [-0.4, -0.2) is 95.6 Å². The second kappa shape index (κ2) is 14.1. The lowest BCUT2D eigenvalue weighted by Gasteiger charge is -2.43. The van der Waals surface area contributed by atoms with E-state index in [1.807, 2.05) is 6.92 Å². The SMILES string of the molecule is CCC1(CN2CCOCC2)OC(n2ccc(=O)[nH]c2=O)C(OC)C1OP(OCCC#N)N(C(C)C)C(C)C. The molecule has 2 saturated heterocycles. The monoisotopic (exact) mass is 555 g/mol. The van der Waals surface area contributed by atoms with Crippen LogP contribution < -0.4 is 11.2 Å². The van der Waals surface area contributed by atoms with E-state index in [2.05, 4.69) is 48.3 Å². The Kier molecular flexibility index (Phi) is 11.4. The number of aromatic amines is 1. The van der Waals surface area contributed by atoms with Crippen molar-refractivity contribution in [3.63, 3.8) is 0 Å². The fourth-order valence-electron chi connectivity index (χ4n) is 5.12. The molecule has 0 saturated carbocycles. The Balaban J connectivity index is 2.06. The van der Waals surface area contributed by atoms with Gasteiger partial charge in [-0.25, -0.2) is 9.46 Å². The molecule has 0 aromatic carbocycles. The lowest BCUT2D eigenvalue weighted by Crippen LogP contribution is -2.54. The van der Waals surface area contributed by atoms with Gasteiger partial charge in [-0.15, -0.1) is 0 Å². The Morgan fingerprint density at radius 1 is 1.26 bits per heavy atom. The van der Waals surface area contributed by atoms with Crippen LogP contribution in [0.1, 0.15) is 53.7 Å². The van der Waals surface area contributed by atoms with Crippen molar-refractivity contribution in [1.82, 2.24) is 19.1 Å². The number of nitrogens with zero attached hydrogens (tertiary/aromatic N) is 4. The summed E-state index contributed by atoms with van der Waals surface area (Å²) in [7, 11) is -0.0467. The van der Waals surface area contributed by atoms with Crippen LogP contribution in [0.5, 0.6) is 0 Å². The number of morpholine rings is 1. The molecule has 5 atom stereocenters. The standard InChI is InChI=1S/C25H42N5O7P/c1-7-25(17-28-12-15-34-16-13-28)22(37-38(35-14-8-10-26)30(18(2)3)19(4)5)21(33-6)23(36-25)29-11-9-20(31)27-24(29)32/h9,11,18-19,21-23H,7-8,12-17H2,1-6H3,(H,27,31,32). The topological polar surface area (TPSA) is 131 Å². The average Bonchev–Trinajstić information content (AvgIpc) is 3.17. The summed E-state index contributed by atoms with van der Waals surface area (Å²) in [6.07, 6.45) is 0.119. The second-order valence-electron chi connectivity index (χ2n) is 10.1. The Labute approximate surface area is 225 Å². The van der Waals surface area contributed by atoms with Crippen LogP contribution in [0.15, 0.2) is 21.9 Å². The van der Waals surface area contributed by atoms with Crippen molar-refractivity contribution in [2.24, 2.45) is 0 Å². The number of nitriles is 1. The van der Waals surface area contributed by atoms with Crippen molar-refractivity contribution in [1.29, 1.82) is 5.26 Å². The van der Waals surface area contributed by atoms with Crippen LogP contribution in [0.3, 0.4) is 0 Å². The van der Waals surface area contributed by atoms with E-state index in [0.29, 0.717) is 26.2 Å². The summed E-state index contributed by atoms with van der Waals surface area (Å²) >= 11 is 0. The summed E-state index contributed by atoms with van der Waals surface area (Å²) in [5, 5.41) is 9.12. The Hall–Kier alpha value is -1.68. The molecule has 5 unspecified atom stereocenters. The molecule has 1 N–H and O–H groups in total. The Morgan fingerprint density at radius 2 is 1.95 bits per heavy atom. The highest BCUT2D eigenvalue weighted by Crippen LogP contribution is 2.53. The molecule has 0 aliphatic carbocycles. The third kappa shape index (κ3) is 7.09. The molecular weight excluding hydrogens is 513 g/mol. The van der Waals surface area contributed by atoms with Gasteiger partial charge in [0.2, 0.25) is 0 Å². The minimum absolute atomic E-state index is 0.111. The van der Waals surface area contributed by atoms with E-state index in [-0.39, 0.29) is 25.1 Å². The Morgan fingerprint density at radius 3 is 2.50 bits per heavy atom. The van der Waals surface area contributed by atoms with Gasteiger partial charge in [-0.1, -0.05) is 6.92 Å². The normalized spacial score (nSPS) is 27.3. The maximum Gasteiger partial charge on any atom is 0.330 e. The second-order valence-corrected chi connectivity index (χ2v) is 11.5. The van der Waals surface area contributed by atoms with E-state index in [1.54, 1.807) is 7.11 Å². The molecule has 0 radical (unpaired) electrons. The van der Waals surface area contributed by atoms with Gasteiger partial charge in [0.1, 0.15) is 17.8 Å². The number of rotatable bonds is 13. The molecule has 0 amide bonds. The largest absolute Gasteiger partial charge is 0.379 e. The van der Waals surface area contributed by atoms with E-state index < -0.39 is 43.8 Å². The molecule has 38 heavy (non-hydrogen) atoms. The molecule has 12 nitrogen and oxygen atoms in total. The van der Waals surface area contributed by atoms with Gasteiger partial charge < -0.3 is 23.3 Å². The molecule has 13 heteroatoms. The molecule has 1 aromatic rings. The third-order valence-corrected chi connectivity index (χ3v) is 9.02. The number of hydrogen-bond donors (Lipinski definition) is 1. The van der Waals surface area contributed by atoms with Crippen molar-refractivity contribution in [3.8, 4) is 6.07 Å². The Bertz CT molecular complexity index is 1030. The van der Waals surface area contributed by atoms with E-state index in [0.717, 1.165) is 13.1 Å². The highest BCUT2D eigenvalue weighted by molar-refractivity contribution is 7.44. The van der Waals surface area contributed by atoms with Gasteiger partial charge in [-0.05, 0) is 34.1 Å². The van der Waals surface area contributed by atoms with Crippen LogP contribution in [0, 0.1) is 11.3 Å². The summed E-state index contributed by atoms with van der Waals surface area (Å²) in [6.45, 7) is 13.9. The van der Waals surface area contributed by atoms with E-state index in [9.17, 15) is 9.59 Å². The van der Waals surface area contributed by atoms with Crippen molar-refractivity contribution in [3.05, 3.63) is 33.1 Å². The zero-order valence-electron chi connectivity index (χ0n) is 23.3. The summed E-state index contributed by atoms with van der Waals surface area (Å²) in [5.41, 5.74) is -1.92. The predicted molar refractivity (Wildman–Crippen MR) is 143 cm³/mol. The first kappa shape index (κ1) is 30.9. The zero-order valence-corrected chi connectivity index (χ0v) is 24.2. The van der Waals surface area contributed by atoms with Gasteiger partial charge >= 0.3 is 5.69 Å². The lowest BCUT2D eigenvalue weighted by molar-refractivity contribution is -0.125. The molecular formula is C25H42N5O7P. The van der Waals surface area contributed by atoms with Crippen LogP contribution in [0.4, 0.5) is 0 Å². The minimum Gasteiger partial charge on any atom is -0.379 e. The third-order valence-electron chi connectivity index (χ3n) is 6.91. The van der Waals surface area contributed by atoms with Gasteiger partial charge in [0.05, 0.1) is 32.3 Å². The fraction of sp³-hybridized carbons (Fsp3) is 0.800. The van der Waals surface area contributed by atoms with Crippen molar-refractivity contribution in [2.45, 2.75) is 83.6 Å². The average molecular weight is 556 g/mol. The van der Waals surface area contributed by atoms with Crippen LogP contribution in [-0.2, 0) is 23.3 Å². The molecule has 2 aliphatic rings. The summed E-state index contributed by atoms with van der Waals surface area (Å²) in [6, 6.07) is 3.64. The van der Waals surface area contributed by atoms with Gasteiger partial charge in [-0.2, -0.15) is 5.26 Å². The molecule has 3 heterocycles. The van der Waals surface area contributed by atoms with Gasteiger partial charge in [0, 0.05) is 51.1 Å². The molecule has 2 fully saturated rings. The first-order valence-corrected chi connectivity index (χ1v) is 14.4. The predicted octanol–water partition coefficient (Wildman–Crippen LogP) is 2.22. The summed E-state index contributed by atoms with van der Waals surface area (Å²) < 4.78 is 34.9. The van der Waals surface area contributed by atoms with Gasteiger partial charge in [0.25, 0.3) is 14.1 Å². The smallest absolute Gasteiger partial charge is 0.330 e.